The summed E-state index contributed by atoms with van der Waals surface area (Å²) in [5.41, 5.74) is 3.61. The normalized spacial score (nSPS) is 10.9. The first-order valence-corrected chi connectivity index (χ1v) is 9.66. The van der Waals surface area contributed by atoms with Crippen LogP contribution in [0, 0.1) is 6.92 Å². The second kappa shape index (κ2) is 8.67. The van der Waals surface area contributed by atoms with Gasteiger partial charge in [-0.05, 0) is 36.1 Å². The molecule has 1 heterocycles. The van der Waals surface area contributed by atoms with Gasteiger partial charge in [0.1, 0.15) is 11.4 Å². The molecule has 0 radical (unpaired) electrons. The third-order valence-corrected chi connectivity index (χ3v) is 5.03. The highest BCUT2D eigenvalue weighted by atomic mass is 35.5. The summed E-state index contributed by atoms with van der Waals surface area (Å²) in [5.74, 6) is 0.930. The van der Waals surface area contributed by atoms with Crippen molar-refractivity contribution in [3.63, 3.8) is 0 Å². The lowest BCUT2D eigenvalue weighted by molar-refractivity contribution is 0.251. The lowest BCUT2D eigenvalue weighted by Crippen LogP contribution is -2.28. The van der Waals surface area contributed by atoms with Gasteiger partial charge in [0.25, 0.3) is 0 Å². The lowest BCUT2D eigenvalue weighted by atomic mass is 10.0. The maximum atomic E-state index is 12.4. The van der Waals surface area contributed by atoms with E-state index in [0.29, 0.717) is 45.2 Å². The Morgan fingerprint density at radius 2 is 1.75 bits per heavy atom. The highest BCUT2D eigenvalue weighted by Crippen LogP contribution is 2.39. The van der Waals surface area contributed by atoms with E-state index in [9.17, 15) is 4.79 Å². The van der Waals surface area contributed by atoms with E-state index in [-0.39, 0.29) is 6.03 Å². The van der Waals surface area contributed by atoms with Crippen molar-refractivity contribution in [3.05, 3.63) is 69.4 Å². The molecule has 0 unspecified atom stereocenters. The van der Waals surface area contributed by atoms with Crippen molar-refractivity contribution in [1.29, 1.82) is 0 Å². The molecule has 0 fully saturated rings. The van der Waals surface area contributed by atoms with Crippen molar-refractivity contribution in [2.75, 3.05) is 5.32 Å². The molecule has 0 bridgehead atoms. The molecule has 7 heteroatoms. The number of carbonyl (C=O) groups is 1. The van der Waals surface area contributed by atoms with Crippen LogP contribution in [0.3, 0.4) is 0 Å². The zero-order chi connectivity index (χ0) is 20.3. The molecule has 146 valence electrons. The van der Waals surface area contributed by atoms with Crippen LogP contribution in [0.1, 0.15) is 36.7 Å². The molecule has 5 nitrogen and oxygen atoms in total. The standard InChI is InChI=1S/C21H21Cl2N3O2/c1-12(2)15-9-7-14(8-10-15)11-24-21(27)25-19-13(3)28-26-20(19)18-16(22)5-4-6-17(18)23/h4-10,12H,11H2,1-3H3,(H2,24,25,27). The molecule has 3 aromatic rings. The topological polar surface area (TPSA) is 67.2 Å². The summed E-state index contributed by atoms with van der Waals surface area (Å²) in [6.07, 6.45) is 0. The van der Waals surface area contributed by atoms with E-state index in [1.165, 1.54) is 5.56 Å². The summed E-state index contributed by atoms with van der Waals surface area (Å²) in [7, 11) is 0. The minimum atomic E-state index is -0.372. The molecule has 0 aliphatic carbocycles. The Morgan fingerprint density at radius 3 is 2.36 bits per heavy atom. The number of carbonyl (C=O) groups excluding carboxylic acids is 1. The van der Waals surface area contributed by atoms with E-state index in [4.69, 9.17) is 27.7 Å². The van der Waals surface area contributed by atoms with E-state index < -0.39 is 0 Å². The SMILES string of the molecule is Cc1onc(-c2c(Cl)cccc2Cl)c1NC(=O)NCc1ccc(C(C)C)cc1. The van der Waals surface area contributed by atoms with E-state index >= 15 is 0 Å². The number of aryl methyl sites for hydroxylation is 1. The number of rotatable bonds is 5. The Labute approximate surface area is 174 Å². The number of hydrogen-bond acceptors (Lipinski definition) is 3. The van der Waals surface area contributed by atoms with Gasteiger partial charge in [-0.2, -0.15) is 0 Å². The summed E-state index contributed by atoms with van der Waals surface area (Å²) in [5, 5.41) is 10.5. The minimum absolute atomic E-state index is 0.372. The molecule has 1 aromatic heterocycles. The number of halogens is 2. The maximum absolute atomic E-state index is 12.4. The fraction of sp³-hybridized carbons (Fsp3) is 0.238. The zero-order valence-corrected chi connectivity index (χ0v) is 17.4. The molecule has 0 saturated carbocycles. The molecule has 0 atom stereocenters. The third-order valence-electron chi connectivity index (χ3n) is 4.40. The first-order chi connectivity index (χ1) is 13.4. The van der Waals surface area contributed by atoms with Crippen LogP contribution in [-0.4, -0.2) is 11.2 Å². The Balaban J connectivity index is 1.72. The second-order valence-electron chi connectivity index (χ2n) is 6.76. The van der Waals surface area contributed by atoms with E-state index in [2.05, 4.69) is 41.8 Å². The largest absolute Gasteiger partial charge is 0.359 e. The van der Waals surface area contributed by atoms with Crippen molar-refractivity contribution in [2.45, 2.75) is 33.2 Å². The summed E-state index contributed by atoms with van der Waals surface area (Å²) >= 11 is 12.5. The van der Waals surface area contributed by atoms with Crippen LogP contribution in [0.5, 0.6) is 0 Å². The Hall–Kier alpha value is -2.50. The molecule has 2 aromatic carbocycles. The summed E-state index contributed by atoms with van der Waals surface area (Å²) in [4.78, 5) is 12.4. The van der Waals surface area contributed by atoms with E-state index in [0.717, 1.165) is 5.56 Å². The molecule has 0 spiro atoms. The highest BCUT2D eigenvalue weighted by Gasteiger charge is 2.21. The molecule has 2 N–H and O–H groups in total. The van der Waals surface area contributed by atoms with Crippen LogP contribution in [0.15, 0.2) is 47.0 Å². The van der Waals surface area contributed by atoms with Gasteiger partial charge in [0.15, 0.2) is 5.76 Å². The monoisotopic (exact) mass is 417 g/mol. The van der Waals surface area contributed by atoms with Crippen LogP contribution >= 0.6 is 23.2 Å². The lowest BCUT2D eigenvalue weighted by Gasteiger charge is -2.10. The Morgan fingerprint density at radius 1 is 1.11 bits per heavy atom. The summed E-state index contributed by atoms with van der Waals surface area (Å²) in [6.45, 7) is 6.40. The predicted octanol–water partition coefficient (Wildman–Crippen LogP) is 6.40. The smallest absolute Gasteiger partial charge is 0.319 e. The molecule has 28 heavy (non-hydrogen) atoms. The maximum Gasteiger partial charge on any atom is 0.319 e. The predicted molar refractivity (Wildman–Crippen MR) is 113 cm³/mol. The van der Waals surface area contributed by atoms with E-state index in [1.54, 1.807) is 25.1 Å². The number of nitrogens with one attached hydrogen (secondary N) is 2. The molecule has 0 aliphatic heterocycles. The summed E-state index contributed by atoms with van der Waals surface area (Å²) < 4.78 is 5.25. The molecular formula is C21H21Cl2N3O2. The van der Waals surface area contributed by atoms with Gasteiger partial charge in [0.05, 0.1) is 10.0 Å². The number of nitrogens with zero attached hydrogens (tertiary/aromatic N) is 1. The fourth-order valence-electron chi connectivity index (χ4n) is 2.77. The van der Waals surface area contributed by atoms with Crippen LogP contribution in [0.2, 0.25) is 10.0 Å². The Bertz CT molecular complexity index is 962. The van der Waals surface area contributed by atoms with Gasteiger partial charge in [0.2, 0.25) is 0 Å². The second-order valence-corrected chi connectivity index (χ2v) is 7.58. The zero-order valence-electron chi connectivity index (χ0n) is 15.8. The van der Waals surface area contributed by atoms with Gasteiger partial charge in [-0.25, -0.2) is 4.79 Å². The first-order valence-electron chi connectivity index (χ1n) is 8.91. The van der Waals surface area contributed by atoms with Gasteiger partial charge >= 0.3 is 6.03 Å². The molecule has 0 saturated heterocycles. The minimum Gasteiger partial charge on any atom is -0.359 e. The van der Waals surface area contributed by atoms with Crippen LogP contribution in [0.25, 0.3) is 11.3 Å². The fourth-order valence-corrected chi connectivity index (χ4v) is 3.35. The van der Waals surface area contributed by atoms with Crippen molar-refractivity contribution in [1.82, 2.24) is 10.5 Å². The van der Waals surface area contributed by atoms with Crippen LogP contribution in [-0.2, 0) is 6.54 Å². The highest BCUT2D eigenvalue weighted by molar-refractivity contribution is 6.39. The van der Waals surface area contributed by atoms with Crippen LogP contribution in [0.4, 0.5) is 10.5 Å². The van der Waals surface area contributed by atoms with Gasteiger partial charge in [-0.3, -0.25) is 0 Å². The quantitative estimate of drug-likeness (QED) is 0.504. The van der Waals surface area contributed by atoms with E-state index in [1.807, 2.05) is 12.1 Å². The number of aromatic nitrogens is 1. The molecule has 0 aliphatic rings. The third kappa shape index (κ3) is 4.49. The van der Waals surface area contributed by atoms with Crippen molar-refractivity contribution in [3.8, 4) is 11.3 Å². The number of anilines is 1. The molecule has 2 amide bonds. The van der Waals surface area contributed by atoms with Gasteiger partial charge < -0.3 is 15.2 Å². The number of hydrogen-bond donors (Lipinski definition) is 2. The van der Waals surface area contributed by atoms with Crippen LogP contribution < -0.4 is 10.6 Å². The first kappa shape index (κ1) is 20.2. The number of amides is 2. The molecular weight excluding hydrogens is 397 g/mol. The van der Waals surface area contributed by atoms with Gasteiger partial charge in [-0.15, -0.1) is 0 Å². The Kier molecular flexibility index (Phi) is 6.27. The summed E-state index contributed by atoms with van der Waals surface area (Å²) in [6, 6.07) is 12.9. The number of benzene rings is 2. The number of urea groups is 1. The van der Waals surface area contributed by atoms with Crippen molar-refractivity contribution >= 4 is 34.9 Å². The van der Waals surface area contributed by atoms with Gasteiger partial charge in [0, 0.05) is 12.1 Å². The van der Waals surface area contributed by atoms with Gasteiger partial charge in [-0.1, -0.05) is 72.5 Å². The van der Waals surface area contributed by atoms with Crippen molar-refractivity contribution < 1.29 is 9.32 Å². The average molecular weight is 418 g/mol. The molecule has 3 rings (SSSR count). The van der Waals surface area contributed by atoms with Crippen molar-refractivity contribution in [2.24, 2.45) is 0 Å². The average Bonchev–Trinajstić information content (AvgIpc) is 3.01.